The monoisotopic (exact) mass is 459 g/mol. The fraction of sp³-hybridized carbons (Fsp3) is 0.158. The van der Waals surface area contributed by atoms with Crippen LogP contribution >= 0.6 is 15.9 Å². The summed E-state index contributed by atoms with van der Waals surface area (Å²) in [7, 11) is 0. The predicted molar refractivity (Wildman–Crippen MR) is 106 cm³/mol. The molecule has 1 aromatic heterocycles. The standard InChI is InChI=1S/C19H15BrFN5O3/c20-11-1-6-16(29-9-18(28)24-13-4-2-12(21)3-5-13)14(7-11)15-8-17(27)25-19-22-10-23-26(15)19/h1-7,10,15H,8-9H2,(H,24,28)(H,22,23,25,27). The fourth-order valence-electron chi connectivity index (χ4n) is 3.03. The predicted octanol–water partition coefficient (Wildman–Crippen LogP) is 3.13. The number of nitrogens with one attached hydrogen (secondary N) is 2. The third kappa shape index (κ3) is 4.27. The van der Waals surface area contributed by atoms with Crippen LogP contribution in [-0.2, 0) is 9.59 Å². The van der Waals surface area contributed by atoms with Crippen LogP contribution in [0, 0.1) is 5.82 Å². The van der Waals surface area contributed by atoms with Gasteiger partial charge in [0.25, 0.3) is 5.91 Å². The van der Waals surface area contributed by atoms with E-state index < -0.39 is 11.9 Å². The lowest BCUT2D eigenvalue weighted by Gasteiger charge is -2.25. The highest BCUT2D eigenvalue weighted by Crippen LogP contribution is 2.36. The molecule has 0 aliphatic carbocycles. The number of carbonyl (C=O) groups is 2. The number of fused-ring (bicyclic) bond motifs is 1. The lowest BCUT2D eigenvalue weighted by Crippen LogP contribution is -2.30. The second-order valence-corrected chi connectivity index (χ2v) is 7.24. The van der Waals surface area contributed by atoms with E-state index in [4.69, 9.17) is 4.74 Å². The van der Waals surface area contributed by atoms with Crippen molar-refractivity contribution in [3.63, 3.8) is 0 Å². The molecule has 0 saturated carbocycles. The zero-order valence-corrected chi connectivity index (χ0v) is 16.5. The van der Waals surface area contributed by atoms with E-state index >= 15 is 0 Å². The molecule has 0 radical (unpaired) electrons. The number of benzene rings is 2. The summed E-state index contributed by atoms with van der Waals surface area (Å²) in [6, 6.07) is 10.3. The molecule has 3 aromatic rings. The summed E-state index contributed by atoms with van der Waals surface area (Å²) in [6.45, 7) is -0.255. The van der Waals surface area contributed by atoms with Gasteiger partial charge in [-0.05, 0) is 42.5 Å². The number of aromatic nitrogens is 3. The summed E-state index contributed by atoms with van der Waals surface area (Å²) >= 11 is 3.43. The average Bonchev–Trinajstić information content (AvgIpc) is 3.16. The van der Waals surface area contributed by atoms with E-state index in [1.165, 1.54) is 30.6 Å². The van der Waals surface area contributed by atoms with Gasteiger partial charge in [0.15, 0.2) is 6.61 Å². The molecule has 0 saturated heterocycles. The summed E-state index contributed by atoms with van der Waals surface area (Å²) < 4.78 is 21.1. The van der Waals surface area contributed by atoms with E-state index in [9.17, 15) is 14.0 Å². The van der Waals surface area contributed by atoms with Gasteiger partial charge >= 0.3 is 0 Å². The maximum Gasteiger partial charge on any atom is 0.262 e. The van der Waals surface area contributed by atoms with Crippen LogP contribution in [0.5, 0.6) is 5.75 Å². The Labute approximate surface area is 173 Å². The number of amides is 2. The first-order valence-electron chi connectivity index (χ1n) is 8.66. The molecule has 1 aliphatic heterocycles. The average molecular weight is 460 g/mol. The molecule has 2 heterocycles. The topological polar surface area (TPSA) is 98.1 Å². The van der Waals surface area contributed by atoms with Crippen LogP contribution in [0.4, 0.5) is 16.0 Å². The first-order chi connectivity index (χ1) is 14.0. The van der Waals surface area contributed by atoms with Crippen LogP contribution < -0.4 is 15.4 Å². The zero-order valence-electron chi connectivity index (χ0n) is 14.9. The molecule has 0 bridgehead atoms. The number of hydrogen-bond acceptors (Lipinski definition) is 5. The van der Waals surface area contributed by atoms with E-state index in [1.807, 2.05) is 6.07 Å². The lowest BCUT2D eigenvalue weighted by molar-refractivity contribution is -0.118. The van der Waals surface area contributed by atoms with E-state index in [2.05, 4.69) is 36.6 Å². The van der Waals surface area contributed by atoms with E-state index in [-0.39, 0.29) is 24.8 Å². The van der Waals surface area contributed by atoms with Crippen molar-refractivity contribution in [3.8, 4) is 5.75 Å². The Morgan fingerprint density at radius 3 is 2.90 bits per heavy atom. The maximum atomic E-state index is 13.0. The SMILES string of the molecule is O=C(COc1ccc(Br)cc1C1CC(=O)Nc2ncnn21)Nc1ccc(F)cc1. The van der Waals surface area contributed by atoms with Gasteiger partial charge in [-0.3, -0.25) is 14.9 Å². The summed E-state index contributed by atoms with van der Waals surface area (Å²) in [6.07, 6.45) is 1.52. The van der Waals surface area contributed by atoms with Crippen LogP contribution in [0.3, 0.4) is 0 Å². The second-order valence-electron chi connectivity index (χ2n) is 6.32. The van der Waals surface area contributed by atoms with Crippen molar-refractivity contribution in [2.75, 3.05) is 17.2 Å². The quantitative estimate of drug-likeness (QED) is 0.610. The van der Waals surface area contributed by atoms with Crippen LogP contribution in [0.25, 0.3) is 0 Å². The van der Waals surface area contributed by atoms with Gasteiger partial charge < -0.3 is 10.1 Å². The Bertz CT molecular complexity index is 1070. The van der Waals surface area contributed by atoms with Crippen LogP contribution in [0.2, 0.25) is 0 Å². The molecule has 1 aliphatic rings. The molecule has 8 nitrogen and oxygen atoms in total. The van der Waals surface area contributed by atoms with Gasteiger partial charge in [0.05, 0.1) is 12.5 Å². The third-order valence-electron chi connectivity index (χ3n) is 4.32. The minimum Gasteiger partial charge on any atom is -0.483 e. The largest absolute Gasteiger partial charge is 0.483 e. The first-order valence-corrected chi connectivity index (χ1v) is 9.46. The summed E-state index contributed by atoms with van der Waals surface area (Å²) in [5.74, 6) is -0.165. The summed E-state index contributed by atoms with van der Waals surface area (Å²) in [5.41, 5.74) is 1.16. The first kappa shape index (κ1) is 19.1. The molecular weight excluding hydrogens is 445 g/mol. The highest BCUT2D eigenvalue weighted by atomic mass is 79.9. The number of ether oxygens (including phenoxy) is 1. The Morgan fingerprint density at radius 2 is 2.10 bits per heavy atom. The van der Waals surface area contributed by atoms with E-state index in [0.717, 1.165) is 4.47 Å². The van der Waals surface area contributed by atoms with Crippen molar-refractivity contribution in [1.82, 2.24) is 14.8 Å². The normalized spacial score (nSPS) is 15.4. The van der Waals surface area contributed by atoms with Crippen molar-refractivity contribution in [1.29, 1.82) is 0 Å². The van der Waals surface area contributed by atoms with Gasteiger partial charge in [-0.25, -0.2) is 9.07 Å². The molecule has 2 amide bonds. The number of hydrogen-bond donors (Lipinski definition) is 2. The molecule has 0 spiro atoms. The Hall–Kier alpha value is -3.27. The highest BCUT2D eigenvalue weighted by Gasteiger charge is 2.30. The van der Waals surface area contributed by atoms with Crippen molar-refractivity contribution >= 4 is 39.4 Å². The third-order valence-corrected chi connectivity index (χ3v) is 4.81. The minimum absolute atomic E-state index is 0.158. The molecule has 0 fully saturated rings. The van der Waals surface area contributed by atoms with Crippen molar-refractivity contribution in [2.45, 2.75) is 12.5 Å². The molecule has 10 heteroatoms. The van der Waals surface area contributed by atoms with Crippen LogP contribution in [-0.4, -0.2) is 33.2 Å². The smallest absolute Gasteiger partial charge is 0.262 e. The number of nitrogens with zero attached hydrogens (tertiary/aromatic N) is 3. The minimum atomic E-state index is -0.422. The van der Waals surface area contributed by atoms with Gasteiger partial charge in [-0.1, -0.05) is 15.9 Å². The molecule has 29 heavy (non-hydrogen) atoms. The molecule has 1 unspecified atom stereocenters. The van der Waals surface area contributed by atoms with E-state index in [0.29, 0.717) is 22.9 Å². The fourth-order valence-corrected chi connectivity index (χ4v) is 3.41. The molecular formula is C19H15BrFN5O3. The summed E-state index contributed by atoms with van der Waals surface area (Å²) in [5, 5.41) is 9.49. The number of rotatable bonds is 5. The van der Waals surface area contributed by atoms with Gasteiger partial charge in [-0.15, -0.1) is 0 Å². The van der Waals surface area contributed by atoms with Crippen LogP contribution in [0.15, 0.2) is 53.3 Å². The Balaban J connectivity index is 1.53. The number of halogens is 2. The zero-order chi connectivity index (χ0) is 20.4. The molecule has 2 aromatic carbocycles. The molecule has 1 atom stereocenters. The lowest BCUT2D eigenvalue weighted by atomic mass is 10.0. The van der Waals surface area contributed by atoms with Crippen molar-refractivity contribution in [3.05, 3.63) is 64.6 Å². The number of anilines is 2. The van der Waals surface area contributed by atoms with Gasteiger partial charge in [0.2, 0.25) is 11.9 Å². The highest BCUT2D eigenvalue weighted by molar-refractivity contribution is 9.10. The second kappa shape index (κ2) is 8.00. The maximum absolute atomic E-state index is 13.0. The van der Waals surface area contributed by atoms with Gasteiger partial charge in [0, 0.05) is 15.7 Å². The molecule has 4 rings (SSSR count). The molecule has 148 valence electrons. The van der Waals surface area contributed by atoms with Gasteiger partial charge in [0.1, 0.15) is 17.9 Å². The van der Waals surface area contributed by atoms with E-state index in [1.54, 1.807) is 16.8 Å². The van der Waals surface area contributed by atoms with Gasteiger partial charge in [-0.2, -0.15) is 10.1 Å². The van der Waals surface area contributed by atoms with Crippen molar-refractivity contribution < 1.29 is 18.7 Å². The van der Waals surface area contributed by atoms with Crippen molar-refractivity contribution in [2.24, 2.45) is 0 Å². The number of carbonyl (C=O) groups excluding carboxylic acids is 2. The summed E-state index contributed by atoms with van der Waals surface area (Å²) in [4.78, 5) is 28.3. The Kier molecular flexibility index (Phi) is 5.26. The van der Waals surface area contributed by atoms with Crippen LogP contribution in [0.1, 0.15) is 18.0 Å². The molecule has 2 N–H and O–H groups in total. The Morgan fingerprint density at radius 1 is 1.31 bits per heavy atom.